The van der Waals surface area contributed by atoms with E-state index in [0.29, 0.717) is 11.5 Å². The second kappa shape index (κ2) is 11.5. The number of aryl methyl sites for hydroxylation is 2. The Labute approximate surface area is 244 Å². The molecule has 4 aromatic carbocycles. The summed E-state index contributed by atoms with van der Waals surface area (Å²) >= 11 is 1.57. The van der Waals surface area contributed by atoms with E-state index in [-0.39, 0.29) is 29.4 Å². The highest BCUT2D eigenvalue weighted by Gasteiger charge is 2.37. The fourth-order valence-electron chi connectivity index (χ4n) is 5.16. The van der Waals surface area contributed by atoms with Crippen LogP contribution in [0.3, 0.4) is 0 Å². The molecule has 0 radical (unpaired) electrons. The van der Waals surface area contributed by atoms with Crippen LogP contribution >= 0.6 is 11.8 Å². The van der Waals surface area contributed by atoms with Crippen molar-refractivity contribution in [2.45, 2.75) is 19.1 Å². The predicted molar refractivity (Wildman–Crippen MR) is 167 cm³/mol. The molecule has 41 heavy (non-hydrogen) atoms. The Balaban J connectivity index is 1.57. The first-order valence-corrected chi connectivity index (χ1v) is 14.6. The summed E-state index contributed by atoms with van der Waals surface area (Å²) in [5, 5.41) is 7.94. The number of carbonyl (C=O) groups is 2. The highest BCUT2D eigenvalue weighted by molar-refractivity contribution is 8.00. The number of rotatable bonds is 6. The molecule has 1 N–H and O–H groups in total. The third-order valence-electron chi connectivity index (χ3n) is 7.12. The number of amides is 2. The third-order valence-corrected chi connectivity index (χ3v) is 8.37. The van der Waals surface area contributed by atoms with E-state index in [1.165, 1.54) is 0 Å². The lowest BCUT2D eigenvalue weighted by Crippen LogP contribution is -2.40. The third kappa shape index (κ3) is 5.54. The fraction of sp³-hybridized carbons (Fsp3) is 0.147. The van der Waals surface area contributed by atoms with Crippen LogP contribution in [0.15, 0.2) is 109 Å². The number of benzene rings is 4. The number of anilines is 2. The summed E-state index contributed by atoms with van der Waals surface area (Å²) in [5.41, 5.74) is 7.55. The molecule has 6 rings (SSSR count). The fourth-order valence-corrected chi connectivity index (χ4v) is 6.34. The van der Waals surface area contributed by atoms with Crippen LogP contribution in [0.5, 0.6) is 0 Å². The number of carbonyl (C=O) groups excluding carboxylic acids is 2. The van der Waals surface area contributed by atoms with Crippen molar-refractivity contribution in [3.05, 3.63) is 131 Å². The molecule has 1 aromatic heterocycles. The van der Waals surface area contributed by atoms with Crippen LogP contribution in [0.4, 0.5) is 11.5 Å². The minimum absolute atomic E-state index is 0.131. The Bertz CT molecular complexity index is 1700. The van der Waals surface area contributed by atoms with E-state index in [0.717, 1.165) is 39.2 Å². The zero-order valence-corrected chi connectivity index (χ0v) is 23.8. The van der Waals surface area contributed by atoms with Gasteiger partial charge in [0.15, 0.2) is 0 Å². The Kier molecular flexibility index (Phi) is 7.44. The van der Waals surface area contributed by atoms with Gasteiger partial charge in [-0.15, -0.1) is 11.8 Å². The first kappa shape index (κ1) is 26.6. The number of hydrogen-bond donors (Lipinski definition) is 1. The normalized spacial score (nSPS) is 14.8. The number of hydrogen-bond acceptors (Lipinski definition) is 4. The molecule has 0 aliphatic carbocycles. The molecular formula is C34H30N4O2S. The number of nitrogens with zero attached hydrogens (tertiary/aromatic N) is 3. The van der Waals surface area contributed by atoms with Gasteiger partial charge in [-0.1, -0.05) is 96.1 Å². The van der Waals surface area contributed by atoms with Crippen LogP contribution in [0.2, 0.25) is 0 Å². The number of fused-ring (bicyclic) bond motifs is 1. The SMILES string of the molecule is Cc1ccc(-n2nc(-c3ccccc3)c3c2N(CC(=O)Nc2ccccc2)C(=O)CSC3c2cccc(C)c2)cc1. The highest BCUT2D eigenvalue weighted by atomic mass is 32.2. The Morgan fingerprint density at radius 1 is 0.878 bits per heavy atom. The van der Waals surface area contributed by atoms with Gasteiger partial charge in [-0.2, -0.15) is 5.10 Å². The van der Waals surface area contributed by atoms with Crippen molar-refractivity contribution in [3.63, 3.8) is 0 Å². The second-order valence-corrected chi connectivity index (χ2v) is 11.3. The highest BCUT2D eigenvalue weighted by Crippen LogP contribution is 2.48. The van der Waals surface area contributed by atoms with Gasteiger partial charge in [-0.3, -0.25) is 14.5 Å². The van der Waals surface area contributed by atoms with E-state index in [1.54, 1.807) is 16.7 Å². The Morgan fingerprint density at radius 2 is 1.59 bits per heavy atom. The number of thioether (sulfide) groups is 1. The summed E-state index contributed by atoms with van der Waals surface area (Å²) in [6.45, 7) is 3.98. The van der Waals surface area contributed by atoms with E-state index in [9.17, 15) is 9.59 Å². The number of nitrogens with one attached hydrogen (secondary N) is 1. The Hall–Kier alpha value is -4.62. The van der Waals surface area contributed by atoms with Crippen molar-refractivity contribution >= 4 is 35.1 Å². The smallest absolute Gasteiger partial charge is 0.244 e. The van der Waals surface area contributed by atoms with Crippen molar-refractivity contribution in [1.29, 1.82) is 0 Å². The molecule has 5 aromatic rings. The van der Waals surface area contributed by atoms with Gasteiger partial charge in [0.25, 0.3) is 0 Å². The quantitative estimate of drug-likeness (QED) is 0.245. The van der Waals surface area contributed by atoms with Crippen LogP contribution in [0, 0.1) is 13.8 Å². The summed E-state index contributed by atoms with van der Waals surface area (Å²) in [7, 11) is 0. The molecule has 2 heterocycles. The van der Waals surface area contributed by atoms with Gasteiger partial charge in [-0.25, -0.2) is 4.68 Å². The Morgan fingerprint density at radius 3 is 2.29 bits per heavy atom. The van der Waals surface area contributed by atoms with Crippen LogP contribution in [0.25, 0.3) is 16.9 Å². The van der Waals surface area contributed by atoms with Crippen molar-refractivity contribution in [2.75, 3.05) is 22.5 Å². The predicted octanol–water partition coefficient (Wildman–Crippen LogP) is 6.96. The number of aromatic nitrogens is 2. The summed E-state index contributed by atoms with van der Waals surface area (Å²) in [5.74, 6) is 0.445. The lowest BCUT2D eigenvalue weighted by Gasteiger charge is -2.23. The number of para-hydroxylation sites is 1. The van der Waals surface area contributed by atoms with Gasteiger partial charge in [-0.05, 0) is 43.7 Å². The molecule has 1 aliphatic rings. The van der Waals surface area contributed by atoms with Gasteiger partial charge < -0.3 is 5.32 Å². The molecule has 0 saturated heterocycles. The molecular weight excluding hydrogens is 528 g/mol. The van der Waals surface area contributed by atoms with Crippen molar-refractivity contribution in [3.8, 4) is 16.9 Å². The molecule has 204 valence electrons. The molecule has 0 fully saturated rings. The molecule has 1 atom stereocenters. The van der Waals surface area contributed by atoms with E-state index >= 15 is 0 Å². The van der Waals surface area contributed by atoms with E-state index in [2.05, 4.69) is 36.5 Å². The van der Waals surface area contributed by atoms with Crippen LogP contribution < -0.4 is 10.2 Å². The topological polar surface area (TPSA) is 67.2 Å². The average molecular weight is 559 g/mol. The largest absolute Gasteiger partial charge is 0.325 e. The summed E-state index contributed by atoms with van der Waals surface area (Å²) in [6.07, 6.45) is 0. The maximum Gasteiger partial charge on any atom is 0.244 e. The zero-order chi connectivity index (χ0) is 28.3. The summed E-state index contributed by atoms with van der Waals surface area (Å²) in [4.78, 5) is 28.9. The molecule has 0 spiro atoms. The average Bonchev–Trinajstić information content (AvgIpc) is 3.31. The minimum Gasteiger partial charge on any atom is -0.325 e. The lowest BCUT2D eigenvalue weighted by molar-refractivity contribution is -0.120. The molecule has 2 amide bonds. The first-order chi connectivity index (χ1) is 20.0. The van der Waals surface area contributed by atoms with Gasteiger partial charge in [0.2, 0.25) is 11.8 Å². The molecule has 0 bridgehead atoms. The molecule has 7 heteroatoms. The van der Waals surface area contributed by atoms with E-state index < -0.39 is 0 Å². The monoisotopic (exact) mass is 558 g/mol. The standard InChI is InChI=1S/C34H30N4O2S/c1-23-16-18-28(19-17-23)38-34-31(32(36-38)25-11-5-3-6-12-25)33(26-13-9-10-24(2)20-26)41-22-30(40)37(34)21-29(39)35-27-14-7-4-8-15-27/h3-20,33H,21-22H2,1-2H3,(H,35,39). The molecule has 1 unspecified atom stereocenters. The second-order valence-electron chi connectivity index (χ2n) is 10.2. The van der Waals surface area contributed by atoms with Crippen LogP contribution in [-0.2, 0) is 9.59 Å². The van der Waals surface area contributed by atoms with E-state index in [1.807, 2.05) is 96.5 Å². The zero-order valence-electron chi connectivity index (χ0n) is 23.0. The van der Waals surface area contributed by atoms with Crippen LogP contribution in [-0.4, -0.2) is 33.9 Å². The van der Waals surface area contributed by atoms with Gasteiger partial charge in [0, 0.05) is 16.8 Å². The van der Waals surface area contributed by atoms with Crippen LogP contribution in [0.1, 0.15) is 27.5 Å². The lowest BCUT2D eigenvalue weighted by atomic mass is 9.98. The van der Waals surface area contributed by atoms with Gasteiger partial charge >= 0.3 is 0 Å². The first-order valence-electron chi connectivity index (χ1n) is 13.6. The van der Waals surface area contributed by atoms with Gasteiger partial charge in [0.05, 0.1) is 22.4 Å². The maximum absolute atomic E-state index is 13.9. The van der Waals surface area contributed by atoms with Crippen molar-refractivity contribution < 1.29 is 9.59 Å². The maximum atomic E-state index is 13.9. The minimum atomic E-state index is -0.271. The van der Waals surface area contributed by atoms with Crippen molar-refractivity contribution in [2.24, 2.45) is 0 Å². The molecule has 0 saturated carbocycles. The van der Waals surface area contributed by atoms with Crippen molar-refractivity contribution in [1.82, 2.24) is 9.78 Å². The molecule has 6 nitrogen and oxygen atoms in total. The van der Waals surface area contributed by atoms with E-state index in [4.69, 9.17) is 5.10 Å². The summed E-state index contributed by atoms with van der Waals surface area (Å²) in [6, 6.07) is 35.8. The summed E-state index contributed by atoms with van der Waals surface area (Å²) < 4.78 is 1.83. The van der Waals surface area contributed by atoms with Gasteiger partial charge in [0.1, 0.15) is 12.4 Å². The molecule has 1 aliphatic heterocycles.